The standard InChI is InChI=1S/C10H7S.Bi/c1-2-5-9(6-3-1)10-7-4-8-11-10;/h1-5H,8H2;. The summed E-state index contributed by atoms with van der Waals surface area (Å²) in [5.41, 5.74) is 0. The van der Waals surface area contributed by atoms with Gasteiger partial charge in [-0.2, -0.15) is 0 Å². The Morgan fingerprint density at radius 3 is 3.17 bits per heavy atom. The SMILES string of the molecule is C1=[C]2[Bi]=[c]3ccccc3=C2SC1. The Kier molecular flexibility index (Phi) is 1.73. The molecule has 2 heterocycles. The van der Waals surface area contributed by atoms with E-state index in [4.69, 9.17) is 0 Å². The van der Waals surface area contributed by atoms with Gasteiger partial charge in [0.2, 0.25) is 0 Å². The predicted octanol–water partition coefficient (Wildman–Crippen LogP) is 1.39. The van der Waals surface area contributed by atoms with Crippen LogP contribution in [0.15, 0.2) is 33.6 Å². The minimum absolute atomic E-state index is 0.449. The fourth-order valence-electron chi connectivity index (χ4n) is 1.58. The van der Waals surface area contributed by atoms with Crippen molar-refractivity contribution >= 4 is 39.4 Å². The van der Waals surface area contributed by atoms with Crippen LogP contribution >= 0.6 is 11.8 Å². The Morgan fingerprint density at radius 1 is 1.25 bits per heavy atom. The van der Waals surface area contributed by atoms with E-state index in [0.717, 1.165) is 0 Å². The molecule has 0 unspecified atom stereocenters. The van der Waals surface area contributed by atoms with E-state index in [1.165, 1.54) is 5.75 Å². The molecular formula is C10H7BiS. The third-order valence-electron chi connectivity index (χ3n) is 2.13. The molecule has 0 fully saturated rings. The summed E-state index contributed by atoms with van der Waals surface area (Å²) in [6.07, 6.45) is 2.44. The van der Waals surface area contributed by atoms with Crippen LogP contribution in [0.5, 0.6) is 0 Å². The van der Waals surface area contributed by atoms with Crippen LogP contribution in [0.2, 0.25) is 0 Å². The number of rotatable bonds is 0. The van der Waals surface area contributed by atoms with Gasteiger partial charge in [-0.05, 0) is 0 Å². The van der Waals surface area contributed by atoms with Gasteiger partial charge in [0.15, 0.2) is 0 Å². The summed E-state index contributed by atoms with van der Waals surface area (Å²) in [5.74, 6) is 1.22. The molecule has 12 heavy (non-hydrogen) atoms. The first kappa shape index (κ1) is 7.47. The van der Waals surface area contributed by atoms with Gasteiger partial charge in [0, 0.05) is 0 Å². The number of hydrogen-bond acceptors (Lipinski definition) is 1. The third kappa shape index (κ3) is 0.979. The van der Waals surface area contributed by atoms with Gasteiger partial charge in [-0.3, -0.25) is 0 Å². The first-order valence-corrected chi connectivity index (χ1v) is 8.43. The molecule has 2 heteroatoms. The van der Waals surface area contributed by atoms with Gasteiger partial charge < -0.3 is 0 Å². The molecule has 0 saturated carbocycles. The van der Waals surface area contributed by atoms with Crippen molar-refractivity contribution in [3.8, 4) is 0 Å². The van der Waals surface area contributed by atoms with Crippen LogP contribution in [0, 0.1) is 2.85 Å². The number of hydrogen-bond donors (Lipinski definition) is 0. The fraction of sp³-hybridized carbons (Fsp3) is 0.100. The van der Waals surface area contributed by atoms with Gasteiger partial charge in [-0.1, -0.05) is 0 Å². The molecule has 2 aliphatic heterocycles. The molecule has 1 aromatic carbocycles. The zero-order chi connectivity index (χ0) is 7.97. The molecule has 0 spiro atoms. The molecule has 0 atom stereocenters. The quantitative estimate of drug-likeness (QED) is 0.624. The molecule has 0 N–H and O–H groups in total. The number of fused-ring (bicyclic) bond motifs is 2. The second-order valence-corrected chi connectivity index (χ2v) is 8.50. The molecule has 0 nitrogen and oxygen atoms in total. The summed E-state index contributed by atoms with van der Waals surface area (Å²) in [7, 11) is 0. The van der Waals surface area contributed by atoms with Crippen molar-refractivity contribution < 1.29 is 0 Å². The molecule has 0 aromatic heterocycles. The van der Waals surface area contributed by atoms with E-state index < -0.39 is 22.8 Å². The summed E-state index contributed by atoms with van der Waals surface area (Å²) < 4.78 is 3.42. The van der Waals surface area contributed by atoms with Crippen molar-refractivity contribution in [2.75, 3.05) is 5.75 Å². The zero-order valence-electron chi connectivity index (χ0n) is 6.45. The average Bonchev–Trinajstić information content (AvgIpc) is 2.62. The molecule has 1 aromatic rings. The Balaban J connectivity index is 2.52. The van der Waals surface area contributed by atoms with Gasteiger partial charge in [0.1, 0.15) is 0 Å². The number of thioether (sulfide) groups is 1. The topological polar surface area (TPSA) is 0 Å². The molecule has 0 radical (unpaired) electrons. The maximum absolute atomic E-state index is 2.44. The monoisotopic (exact) mass is 368 g/mol. The summed E-state index contributed by atoms with van der Waals surface area (Å²) in [4.78, 5) is 1.61. The molecule has 0 bridgehead atoms. The van der Waals surface area contributed by atoms with Gasteiger partial charge in [0.25, 0.3) is 0 Å². The molecule has 0 aliphatic carbocycles. The molecular weight excluding hydrogens is 361 g/mol. The Morgan fingerprint density at radius 2 is 2.17 bits per heavy atom. The second-order valence-electron chi connectivity index (χ2n) is 2.86. The van der Waals surface area contributed by atoms with E-state index in [0.29, 0.717) is 0 Å². The molecule has 0 saturated heterocycles. The van der Waals surface area contributed by atoms with E-state index in [-0.39, 0.29) is 0 Å². The van der Waals surface area contributed by atoms with E-state index in [9.17, 15) is 0 Å². The Labute approximate surface area is 86.4 Å². The van der Waals surface area contributed by atoms with Crippen molar-refractivity contribution in [2.45, 2.75) is 0 Å². The summed E-state index contributed by atoms with van der Waals surface area (Å²) >= 11 is 1.58. The second kappa shape index (κ2) is 2.78. The van der Waals surface area contributed by atoms with Crippen LogP contribution < -0.4 is 5.22 Å². The Hall–Kier alpha value is 0.0631. The summed E-state index contributed by atoms with van der Waals surface area (Å²) in [5, 5.41) is 1.56. The van der Waals surface area contributed by atoms with Crippen molar-refractivity contribution in [1.29, 1.82) is 0 Å². The van der Waals surface area contributed by atoms with Crippen molar-refractivity contribution in [1.82, 2.24) is 0 Å². The Bertz CT molecular complexity index is 485. The maximum atomic E-state index is 2.44. The minimum atomic E-state index is -0.449. The average molecular weight is 368 g/mol. The van der Waals surface area contributed by atoms with Crippen molar-refractivity contribution in [3.63, 3.8) is 0 Å². The van der Waals surface area contributed by atoms with Gasteiger partial charge in [-0.15, -0.1) is 0 Å². The first-order chi connectivity index (χ1) is 5.95. The van der Waals surface area contributed by atoms with E-state index in [2.05, 4.69) is 30.3 Å². The normalized spacial score (nSPS) is 18.3. The first-order valence-electron chi connectivity index (χ1n) is 3.96. The van der Waals surface area contributed by atoms with Gasteiger partial charge in [0.05, 0.1) is 0 Å². The third-order valence-corrected chi connectivity index (χ3v) is 8.78. The van der Waals surface area contributed by atoms with Crippen LogP contribution in [0.4, 0.5) is 0 Å². The molecule has 3 rings (SSSR count). The van der Waals surface area contributed by atoms with Gasteiger partial charge >= 0.3 is 86.9 Å². The predicted molar refractivity (Wildman–Crippen MR) is 54.6 cm³/mol. The van der Waals surface area contributed by atoms with Crippen LogP contribution in [0.3, 0.4) is 0 Å². The van der Waals surface area contributed by atoms with E-state index >= 15 is 0 Å². The molecule has 0 amide bonds. The van der Waals surface area contributed by atoms with Crippen LogP contribution in [-0.4, -0.2) is 28.5 Å². The van der Waals surface area contributed by atoms with Crippen LogP contribution in [0.25, 0.3) is 4.91 Å². The van der Waals surface area contributed by atoms with Crippen LogP contribution in [-0.2, 0) is 0 Å². The molecule has 2 aliphatic rings. The zero-order valence-corrected chi connectivity index (χ0v) is 10.7. The van der Waals surface area contributed by atoms with E-state index in [1.54, 1.807) is 16.3 Å². The van der Waals surface area contributed by atoms with Crippen molar-refractivity contribution in [3.05, 3.63) is 41.7 Å². The van der Waals surface area contributed by atoms with E-state index in [1.807, 2.05) is 11.8 Å². The number of benzene rings is 1. The van der Waals surface area contributed by atoms with Gasteiger partial charge in [-0.25, -0.2) is 0 Å². The van der Waals surface area contributed by atoms with Crippen LogP contribution in [0.1, 0.15) is 0 Å². The summed E-state index contributed by atoms with van der Waals surface area (Å²) in [6, 6.07) is 8.94. The fourth-order valence-corrected chi connectivity index (χ4v) is 8.92. The summed E-state index contributed by atoms with van der Waals surface area (Å²) in [6.45, 7) is 0. The van der Waals surface area contributed by atoms with Crippen molar-refractivity contribution in [2.24, 2.45) is 0 Å². The molecule has 58 valence electrons.